The monoisotopic (exact) mass is 455 g/mol. The number of sulfonamides is 1. The second-order valence-electron chi connectivity index (χ2n) is 7.37. The van der Waals surface area contributed by atoms with Crippen LogP contribution in [0.1, 0.15) is 16.0 Å². The molecular formula is C20H26ClN3O3S2. The van der Waals surface area contributed by atoms with E-state index in [0.717, 1.165) is 39.4 Å². The molecule has 1 aromatic heterocycles. The summed E-state index contributed by atoms with van der Waals surface area (Å²) < 4.78 is 27.5. The van der Waals surface area contributed by atoms with E-state index in [4.69, 9.17) is 11.6 Å². The molecule has 6 nitrogen and oxygen atoms in total. The fraction of sp³-hybridized carbons (Fsp3) is 0.450. The third-order valence-electron chi connectivity index (χ3n) is 5.28. The van der Waals surface area contributed by atoms with E-state index in [-0.39, 0.29) is 17.3 Å². The molecule has 2 aromatic rings. The molecule has 0 atom stereocenters. The first kappa shape index (κ1) is 22.2. The topological polar surface area (TPSA) is 60.9 Å². The number of amides is 1. The molecule has 0 N–H and O–H groups in total. The lowest BCUT2D eigenvalue weighted by atomic mass is 10.1. The van der Waals surface area contributed by atoms with Gasteiger partial charge in [-0.05, 0) is 49.2 Å². The fourth-order valence-electron chi connectivity index (χ4n) is 3.24. The number of carbonyl (C=O) groups is 1. The molecule has 9 heteroatoms. The van der Waals surface area contributed by atoms with Crippen LogP contribution in [0.2, 0.25) is 4.34 Å². The summed E-state index contributed by atoms with van der Waals surface area (Å²) in [6, 6.07) is 8.96. The van der Waals surface area contributed by atoms with Crippen molar-refractivity contribution in [3.63, 3.8) is 0 Å². The van der Waals surface area contributed by atoms with Gasteiger partial charge in [0.2, 0.25) is 15.9 Å². The van der Waals surface area contributed by atoms with Crippen molar-refractivity contribution in [1.82, 2.24) is 14.1 Å². The molecule has 0 unspecified atom stereocenters. The summed E-state index contributed by atoms with van der Waals surface area (Å²) in [6.07, 6.45) is 0. The minimum atomic E-state index is -3.70. The summed E-state index contributed by atoms with van der Waals surface area (Å²) in [5.74, 6) is -0.168. The number of nitrogens with zero attached hydrogens (tertiary/aromatic N) is 3. The van der Waals surface area contributed by atoms with Crippen LogP contribution >= 0.6 is 22.9 Å². The Morgan fingerprint density at radius 1 is 1.10 bits per heavy atom. The highest BCUT2D eigenvalue weighted by Gasteiger charge is 2.27. The first-order valence-corrected chi connectivity index (χ1v) is 12.1. The second kappa shape index (κ2) is 9.14. The fourth-order valence-corrected chi connectivity index (χ4v) is 5.58. The predicted octanol–water partition coefficient (Wildman–Crippen LogP) is 2.98. The summed E-state index contributed by atoms with van der Waals surface area (Å²) in [7, 11) is -2.24. The SMILES string of the molecule is Cc1ccc(S(=O)(=O)N(C)CC(=O)N2CCN(Cc3ccc(Cl)s3)CC2)cc1C. The minimum absolute atomic E-state index is 0.157. The highest BCUT2D eigenvalue weighted by atomic mass is 35.5. The van der Waals surface area contributed by atoms with E-state index in [1.807, 2.05) is 26.0 Å². The van der Waals surface area contributed by atoms with E-state index in [1.54, 1.807) is 34.4 Å². The molecule has 0 radical (unpaired) electrons. The lowest BCUT2D eigenvalue weighted by Gasteiger charge is -2.35. The van der Waals surface area contributed by atoms with E-state index in [9.17, 15) is 13.2 Å². The largest absolute Gasteiger partial charge is 0.339 e. The number of piperazine rings is 1. The van der Waals surface area contributed by atoms with Crippen molar-refractivity contribution in [2.24, 2.45) is 0 Å². The van der Waals surface area contributed by atoms with Crippen LogP contribution < -0.4 is 0 Å². The molecule has 1 saturated heterocycles. The van der Waals surface area contributed by atoms with E-state index < -0.39 is 10.0 Å². The van der Waals surface area contributed by atoms with Gasteiger partial charge in [-0.15, -0.1) is 11.3 Å². The van der Waals surface area contributed by atoms with Gasteiger partial charge >= 0.3 is 0 Å². The number of hydrogen-bond donors (Lipinski definition) is 0. The quantitative estimate of drug-likeness (QED) is 0.671. The van der Waals surface area contributed by atoms with Crippen molar-refractivity contribution >= 4 is 38.9 Å². The van der Waals surface area contributed by atoms with Gasteiger partial charge in [-0.3, -0.25) is 9.69 Å². The van der Waals surface area contributed by atoms with E-state index in [1.165, 1.54) is 11.9 Å². The highest BCUT2D eigenvalue weighted by Crippen LogP contribution is 2.23. The Kier molecular flexibility index (Phi) is 7.01. The lowest BCUT2D eigenvalue weighted by molar-refractivity contribution is -0.133. The molecule has 0 bridgehead atoms. The number of benzene rings is 1. The van der Waals surface area contributed by atoms with Gasteiger partial charge in [0.15, 0.2) is 0 Å². The van der Waals surface area contributed by atoms with Crippen LogP contribution in [0, 0.1) is 13.8 Å². The summed E-state index contributed by atoms with van der Waals surface area (Å²) in [5.41, 5.74) is 1.94. The van der Waals surface area contributed by atoms with Gasteiger partial charge in [0.05, 0.1) is 15.8 Å². The van der Waals surface area contributed by atoms with E-state index >= 15 is 0 Å². The Bertz CT molecular complexity index is 983. The van der Waals surface area contributed by atoms with Gasteiger partial charge in [0.1, 0.15) is 0 Å². The molecular weight excluding hydrogens is 430 g/mol. The third-order valence-corrected chi connectivity index (χ3v) is 8.29. The molecule has 1 fully saturated rings. The lowest BCUT2D eigenvalue weighted by Crippen LogP contribution is -2.51. The molecule has 0 aliphatic carbocycles. The van der Waals surface area contributed by atoms with Gasteiger partial charge in [-0.25, -0.2) is 8.42 Å². The summed E-state index contributed by atoms with van der Waals surface area (Å²) in [4.78, 5) is 18.1. The standard InChI is InChI=1S/C20H26ClN3O3S2/c1-15-4-6-18(12-16(15)2)29(26,27)22(3)14-20(25)24-10-8-23(9-11-24)13-17-5-7-19(21)28-17/h4-7,12H,8-11,13-14H2,1-3H3. The average Bonchev–Trinajstić information content (AvgIpc) is 3.09. The summed E-state index contributed by atoms with van der Waals surface area (Å²) >= 11 is 7.55. The molecule has 0 saturated carbocycles. The normalized spacial score (nSPS) is 15.8. The first-order valence-electron chi connectivity index (χ1n) is 9.45. The number of halogens is 1. The van der Waals surface area contributed by atoms with Crippen LogP contribution in [0.25, 0.3) is 0 Å². The molecule has 1 aliphatic rings. The second-order valence-corrected chi connectivity index (χ2v) is 11.2. The van der Waals surface area contributed by atoms with Crippen LogP contribution in [0.5, 0.6) is 0 Å². The van der Waals surface area contributed by atoms with Gasteiger partial charge in [-0.1, -0.05) is 17.7 Å². The predicted molar refractivity (Wildman–Crippen MR) is 117 cm³/mol. The van der Waals surface area contributed by atoms with E-state index in [2.05, 4.69) is 4.90 Å². The number of aryl methyl sites for hydroxylation is 2. The minimum Gasteiger partial charge on any atom is -0.339 e. The Morgan fingerprint density at radius 2 is 1.79 bits per heavy atom. The molecule has 29 heavy (non-hydrogen) atoms. The van der Waals surface area contributed by atoms with E-state index in [0.29, 0.717) is 13.1 Å². The first-order chi connectivity index (χ1) is 13.7. The maximum absolute atomic E-state index is 12.8. The molecule has 3 rings (SSSR count). The zero-order valence-electron chi connectivity index (χ0n) is 16.9. The zero-order valence-corrected chi connectivity index (χ0v) is 19.3. The Labute approximate surface area is 181 Å². The zero-order chi connectivity index (χ0) is 21.2. The molecule has 2 heterocycles. The van der Waals surface area contributed by atoms with Crippen LogP contribution in [-0.2, 0) is 21.4 Å². The average molecular weight is 456 g/mol. The number of carbonyl (C=O) groups excluding carboxylic acids is 1. The van der Waals surface area contributed by atoms with Gasteiger partial charge < -0.3 is 4.90 Å². The van der Waals surface area contributed by atoms with Crippen LogP contribution in [0.3, 0.4) is 0 Å². The van der Waals surface area contributed by atoms with Crippen LogP contribution in [0.4, 0.5) is 0 Å². The van der Waals surface area contributed by atoms with Crippen LogP contribution in [0.15, 0.2) is 35.2 Å². The van der Waals surface area contributed by atoms with Crippen molar-refractivity contribution in [2.75, 3.05) is 39.8 Å². The summed E-state index contributed by atoms with van der Waals surface area (Å²) in [6.45, 7) is 7.18. The Hall–Kier alpha value is -1.45. The summed E-state index contributed by atoms with van der Waals surface area (Å²) in [5, 5.41) is 0. The highest BCUT2D eigenvalue weighted by molar-refractivity contribution is 7.89. The van der Waals surface area contributed by atoms with Crippen molar-refractivity contribution in [3.05, 3.63) is 50.7 Å². The van der Waals surface area contributed by atoms with Crippen LogP contribution in [-0.4, -0.2) is 68.2 Å². The molecule has 1 aliphatic heterocycles. The number of likely N-dealkylation sites (N-methyl/N-ethyl adjacent to an activating group) is 1. The van der Waals surface area contributed by atoms with Crippen molar-refractivity contribution in [3.8, 4) is 0 Å². The molecule has 1 amide bonds. The number of thiophene rings is 1. The Morgan fingerprint density at radius 3 is 2.38 bits per heavy atom. The van der Waals surface area contributed by atoms with Gasteiger partial charge in [0.25, 0.3) is 0 Å². The van der Waals surface area contributed by atoms with Gasteiger partial charge in [-0.2, -0.15) is 4.31 Å². The van der Waals surface area contributed by atoms with Crippen molar-refractivity contribution < 1.29 is 13.2 Å². The smallest absolute Gasteiger partial charge is 0.243 e. The number of hydrogen-bond acceptors (Lipinski definition) is 5. The number of rotatable bonds is 6. The maximum atomic E-state index is 12.8. The molecule has 0 spiro atoms. The molecule has 1 aromatic carbocycles. The third kappa shape index (κ3) is 5.38. The van der Waals surface area contributed by atoms with Crippen molar-refractivity contribution in [1.29, 1.82) is 0 Å². The Balaban J connectivity index is 1.55. The van der Waals surface area contributed by atoms with Gasteiger partial charge in [0, 0.05) is 44.6 Å². The molecule has 158 valence electrons. The maximum Gasteiger partial charge on any atom is 0.243 e. The van der Waals surface area contributed by atoms with Crippen molar-refractivity contribution in [2.45, 2.75) is 25.3 Å².